The highest BCUT2D eigenvalue weighted by Gasteiger charge is 2.18. The summed E-state index contributed by atoms with van der Waals surface area (Å²) in [5.41, 5.74) is 7.29. The lowest BCUT2D eigenvalue weighted by molar-refractivity contribution is 0.454. The van der Waals surface area contributed by atoms with E-state index in [-0.39, 0.29) is 0 Å². The van der Waals surface area contributed by atoms with E-state index >= 15 is 0 Å². The molecule has 0 radical (unpaired) electrons. The van der Waals surface area contributed by atoms with E-state index in [1.54, 1.807) is 11.8 Å². The third-order valence-corrected chi connectivity index (χ3v) is 9.80. The lowest BCUT2D eigenvalue weighted by Crippen LogP contribution is -1.95. The Balaban J connectivity index is 1.14. The molecule has 9 rings (SSSR count). The Morgan fingerprint density at radius 1 is 0.295 bits per heavy atom. The van der Waals surface area contributed by atoms with Gasteiger partial charge in [0, 0.05) is 0 Å². The molecule has 1 aliphatic rings. The van der Waals surface area contributed by atoms with Gasteiger partial charge in [0.2, 0.25) is 0 Å². The molecule has 0 aromatic heterocycles. The molecule has 0 saturated carbocycles. The first kappa shape index (κ1) is 25.2. The van der Waals surface area contributed by atoms with E-state index in [2.05, 4.69) is 146 Å². The Kier molecular flexibility index (Phi) is 5.82. The van der Waals surface area contributed by atoms with Crippen LogP contribution in [0.5, 0.6) is 11.5 Å². The summed E-state index contributed by atoms with van der Waals surface area (Å²) < 4.78 is 6.18. The van der Waals surface area contributed by atoms with Gasteiger partial charge in [-0.3, -0.25) is 0 Å². The second kappa shape index (κ2) is 10.2. The van der Waals surface area contributed by atoms with Gasteiger partial charge in [-0.05, 0) is 108 Å². The molecule has 0 N–H and O–H groups in total. The van der Waals surface area contributed by atoms with Crippen LogP contribution in [0.4, 0.5) is 0 Å². The molecule has 0 spiro atoms. The van der Waals surface area contributed by atoms with Gasteiger partial charge in [0.05, 0.1) is 9.79 Å². The summed E-state index contributed by atoms with van der Waals surface area (Å²) in [5.74, 6) is 1.84. The summed E-state index contributed by atoms with van der Waals surface area (Å²) in [6.45, 7) is 0. The van der Waals surface area contributed by atoms with Crippen LogP contribution in [0.2, 0.25) is 0 Å². The molecule has 8 aromatic rings. The van der Waals surface area contributed by atoms with Crippen LogP contribution < -0.4 is 4.74 Å². The summed E-state index contributed by atoms with van der Waals surface area (Å²) in [4.78, 5) is 2.30. The van der Waals surface area contributed by atoms with Crippen LogP contribution >= 0.6 is 11.8 Å². The van der Waals surface area contributed by atoms with Gasteiger partial charge in [-0.15, -0.1) is 0 Å². The lowest BCUT2D eigenvalue weighted by atomic mass is 9.90. The first-order valence-corrected chi connectivity index (χ1v) is 15.7. The van der Waals surface area contributed by atoms with Crippen molar-refractivity contribution in [1.82, 2.24) is 0 Å². The van der Waals surface area contributed by atoms with Crippen LogP contribution in [0, 0.1) is 0 Å². The van der Waals surface area contributed by atoms with Crippen molar-refractivity contribution in [3.8, 4) is 44.9 Å². The molecule has 0 fully saturated rings. The van der Waals surface area contributed by atoms with Gasteiger partial charge < -0.3 is 4.74 Å². The number of fused-ring (bicyclic) bond motifs is 8. The quantitative estimate of drug-likeness (QED) is 0.193. The van der Waals surface area contributed by atoms with Crippen molar-refractivity contribution >= 4 is 44.1 Å². The zero-order valence-electron chi connectivity index (χ0n) is 23.8. The molecule has 44 heavy (non-hydrogen) atoms. The maximum atomic E-state index is 6.18. The second-order valence-electron chi connectivity index (χ2n) is 11.3. The highest BCUT2D eigenvalue weighted by molar-refractivity contribution is 7.99. The highest BCUT2D eigenvalue weighted by atomic mass is 32.2. The fourth-order valence-corrected chi connectivity index (χ4v) is 7.52. The topological polar surface area (TPSA) is 9.23 Å². The summed E-state index contributed by atoms with van der Waals surface area (Å²) in [5, 5.41) is 7.71. The fourth-order valence-electron chi connectivity index (χ4n) is 6.53. The van der Waals surface area contributed by atoms with Crippen molar-refractivity contribution < 1.29 is 4.74 Å². The van der Waals surface area contributed by atoms with Crippen molar-refractivity contribution in [3.05, 3.63) is 158 Å². The summed E-state index contributed by atoms with van der Waals surface area (Å²) in [7, 11) is 0. The minimum Gasteiger partial charge on any atom is -0.455 e. The fraction of sp³-hybridized carbons (Fsp3) is 0. The van der Waals surface area contributed by atoms with Crippen molar-refractivity contribution in [3.63, 3.8) is 0 Å². The Bertz CT molecular complexity index is 2370. The van der Waals surface area contributed by atoms with Crippen molar-refractivity contribution in [2.24, 2.45) is 0 Å². The van der Waals surface area contributed by atoms with Gasteiger partial charge in [-0.2, -0.15) is 0 Å². The summed E-state index contributed by atoms with van der Waals surface area (Å²) >= 11 is 1.77. The van der Waals surface area contributed by atoms with Gasteiger partial charge in [0.15, 0.2) is 0 Å². The Morgan fingerprint density at radius 2 is 0.795 bits per heavy atom. The van der Waals surface area contributed by atoms with E-state index in [0.29, 0.717) is 0 Å². The predicted molar refractivity (Wildman–Crippen MR) is 186 cm³/mol. The van der Waals surface area contributed by atoms with E-state index < -0.39 is 0 Å². The van der Waals surface area contributed by atoms with E-state index in [4.69, 9.17) is 4.74 Å². The Hall–Kier alpha value is -5.31. The Morgan fingerprint density at radius 3 is 1.52 bits per heavy atom. The highest BCUT2D eigenvalue weighted by Crippen LogP contribution is 2.48. The molecule has 0 aliphatic carbocycles. The minimum absolute atomic E-state index is 0.915. The first-order valence-electron chi connectivity index (χ1n) is 14.9. The number of para-hydroxylation sites is 1. The predicted octanol–water partition coefficient (Wildman–Crippen LogP) is 12.4. The van der Waals surface area contributed by atoms with Crippen molar-refractivity contribution in [2.75, 3.05) is 0 Å². The van der Waals surface area contributed by atoms with Crippen LogP contribution in [-0.2, 0) is 0 Å². The normalized spacial score (nSPS) is 12.2. The largest absolute Gasteiger partial charge is 0.455 e. The van der Waals surface area contributed by atoms with Crippen LogP contribution in [-0.4, -0.2) is 0 Å². The molecule has 0 bridgehead atoms. The molecular weight excluding hydrogens is 553 g/mol. The molecule has 0 atom stereocenters. The van der Waals surface area contributed by atoms with Gasteiger partial charge >= 0.3 is 0 Å². The SMILES string of the molecule is c1ccc(-c2ccc3c4ccc(-c5cccc(-c6ccc7c(c6)Sc6ccccc6O7)c5)cc4c4ccccc4c3c2)cc1. The average Bonchev–Trinajstić information content (AvgIpc) is 3.10. The monoisotopic (exact) mass is 578 g/mol. The van der Waals surface area contributed by atoms with E-state index in [9.17, 15) is 0 Å². The average molecular weight is 579 g/mol. The van der Waals surface area contributed by atoms with Gasteiger partial charge in [-0.25, -0.2) is 0 Å². The molecule has 0 saturated heterocycles. The van der Waals surface area contributed by atoms with Gasteiger partial charge in [0.1, 0.15) is 11.5 Å². The van der Waals surface area contributed by atoms with Crippen LogP contribution in [0.15, 0.2) is 168 Å². The standard InChI is InChI=1S/C42H26OS/c1-2-9-27(10-3-1)30-17-20-35-36-21-18-31(25-38(36)34-14-5-4-13-33(34)37(35)24-30)28-11-8-12-29(23-28)32-19-22-40-42(26-32)44-41-16-7-6-15-39(41)43-40/h1-26H. The van der Waals surface area contributed by atoms with Crippen molar-refractivity contribution in [1.29, 1.82) is 0 Å². The van der Waals surface area contributed by atoms with E-state index in [1.807, 2.05) is 12.1 Å². The second-order valence-corrected chi connectivity index (χ2v) is 12.4. The van der Waals surface area contributed by atoms with Crippen LogP contribution in [0.1, 0.15) is 0 Å². The third kappa shape index (κ3) is 4.18. The lowest BCUT2D eigenvalue weighted by Gasteiger charge is -2.20. The third-order valence-electron chi connectivity index (χ3n) is 8.71. The zero-order chi connectivity index (χ0) is 29.0. The number of rotatable bonds is 3. The smallest absolute Gasteiger partial charge is 0.141 e. The van der Waals surface area contributed by atoms with E-state index in [0.717, 1.165) is 21.3 Å². The Labute approximate surface area is 260 Å². The minimum atomic E-state index is 0.915. The number of ether oxygens (including phenoxy) is 1. The maximum absolute atomic E-state index is 6.18. The molecule has 1 heterocycles. The van der Waals surface area contributed by atoms with Gasteiger partial charge in [-0.1, -0.05) is 127 Å². The van der Waals surface area contributed by atoms with Crippen LogP contribution in [0.3, 0.4) is 0 Å². The van der Waals surface area contributed by atoms with Crippen molar-refractivity contribution in [2.45, 2.75) is 9.79 Å². The first-order chi connectivity index (χ1) is 21.8. The molecule has 1 nitrogen and oxygen atoms in total. The number of hydrogen-bond acceptors (Lipinski definition) is 2. The molecule has 2 heteroatoms. The van der Waals surface area contributed by atoms with E-state index in [1.165, 1.54) is 65.7 Å². The molecule has 0 amide bonds. The number of hydrogen-bond donors (Lipinski definition) is 0. The van der Waals surface area contributed by atoms with Gasteiger partial charge in [0.25, 0.3) is 0 Å². The van der Waals surface area contributed by atoms with Crippen LogP contribution in [0.25, 0.3) is 65.7 Å². The summed E-state index contributed by atoms with van der Waals surface area (Å²) in [6.07, 6.45) is 0. The zero-order valence-corrected chi connectivity index (χ0v) is 24.6. The molecule has 0 unspecified atom stereocenters. The molecular formula is C42H26OS. The molecule has 206 valence electrons. The maximum Gasteiger partial charge on any atom is 0.141 e. The summed E-state index contributed by atoms with van der Waals surface area (Å²) in [6, 6.07) is 56.9. The molecule has 1 aliphatic heterocycles. The molecule has 8 aromatic carbocycles. The number of benzene rings is 8.